The standard InChI is InChI=1S/C13H15BrN4O2S/c1-18(9-10-4-6-11(14)7-5-10)21(19,20)13-12(17-15)3-2-8-16-13/h2-8,17H,9,15H2,1H3. The van der Waals surface area contributed by atoms with Crippen LogP contribution in [0.15, 0.2) is 52.1 Å². The van der Waals surface area contributed by atoms with Gasteiger partial charge < -0.3 is 5.43 Å². The highest BCUT2D eigenvalue weighted by Gasteiger charge is 2.25. The Kier molecular flexibility index (Phi) is 4.94. The van der Waals surface area contributed by atoms with E-state index in [2.05, 4.69) is 26.3 Å². The second kappa shape index (κ2) is 6.52. The number of nitrogens with one attached hydrogen (secondary N) is 1. The first-order valence-corrected chi connectivity index (χ1v) is 8.31. The largest absolute Gasteiger partial charge is 0.321 e. The molecule has 21 heavy (non-hydrogen) atoms. The molecule has 0 saturated carbocycles. The number of hydrazine groups is 1. The Bertz CT molecular complexity index is 719. The Morgan fingerprint density at radius 2 is 1.95 bits per heavy atom. The number of nitrogens with two attached hydrogens (primary N) is 1. The van der Waals surface area contributed by atoms with Crippen molar-refractivity contribution in [3.63, 3.8) is 0 Å². The summed E-state index contributed by atoms with van der Waals surface area (Å²) in [4.78, 5) is 3.92. The van der Waals surface area contributed by atoms with Crippen molar-refractivity contribution in [3.05, 3.63) is 52.6 Å². The van der Waals surface area contributed by atoms with E-state index in [-0.39, 0.29) is 17.3 Å². The Morgan fingerprint density at radius 1 is 1.29 bits per heavy atom. The summed E-state index contributed by atoms with van der Waals surface area (Å²) in [6.07, 6.45) is 1.42. The van der Waals surface area contributed by atoms with Gasteiger partial charge in [0.1, 0.15) is 0 Å². The summed E-state index contributed by atoms with van der Waals surface area (Å²) in [6.45, 7) is 0.246. The second-order valence-electron chi connectivity index (χ2n) is 4.39. The maximum Gasteiger partial charge on any atom is 0.262 e. The minimum Gasteiger partial charge on any atom is -0.321 e. The van der Waals surface area contributed by atoms with E-state index in [0.717, 1.165) is 10.0 Å². The lowest BCUT2D eigenvalue weighted by Gasteiger charge is -2.18. The number of rotatable bonds is 5. The van der Waals surface area contributed by atoms with E-state index in [9.17, 15) is 8.42 Å². The van der Waals surface area contributed by atoms with Gasteiger partial charge in [-0.3, -0.25) is 5.84 Å². The zero-order chi connectivity index (χ0) is 15.5. The Hall–Kier alpha value is -1.48. The molecule has 3 N–H and O–H groups in total. The molecule has 0 bridgehead atoms. The molecule has 0 saturated heterocycles. The minimum atomic E-state index is -3.72. The van der Waals surface area contributed by atoms with Crippen LogP contribution in [0.4, 0.5) is 5.69 Å². The molecule has 0 fully saturated rings. The van der Waals surface area contributed by atoms with E-state index in [0.29, 0.717) is 0 Å². The van der Waals surface area contributed by atoms with Crippen LogP contribution in [0.3, 0.4) is 0 Å². The fraction of sp³-hybridized carbons (Fsp3) is 0.154. The van der Waals surface area contributed by atoms with Crippen molar-refractivity contribution >= 4 is 31.6 Å². The summed E-state index contributed by atoms with van der Waals surface area (Å²) in [6, 6.07) is 10.6. The van der Waals surface area contributed by atoms with Crippen molar-refractivity contribution in [3.8, 4) is 0 Å². The zero-order valence-electron chi connectivity index (χ0n) is 11.3. The van der Waals surface area contributed by atoms with Crippen molar-refractivity contribution in [2.75, 3.05) is 12.5 Å². The van der Waals surface area contributed by atoms with Crippen LogP contribution in [0, 0.1) is 0 Å². The Labute approximate surface area is 132 Å². The van der Waals surface area contributed by atoms with E-state index in [1.54, 1.807) is 12.1 Å². The van der Waals surface area contributed by atoms with Gasteiger partial charge in [0, 0.05) is 24.3 Å². The highest BCUT2D eigenvalue weighted by Crippen LogP contribution is 2.22. The number of anilines is 1. The van der Waals surface area contributed by atoms with Gasteiger partial charge in [0.25, 0.3) is 10.0 Å². The first kappa shape index (κ1) is 15.9. The van der Waals surface area contributed by atoms with E-state index >= 15 is 0 Å². The minimum absolute atomic E-state index is 0.0906. The van der Waals surface area contributed by atoms with Crippen molar-refractivity contribution in [2.24, 2.45) is 5.84 Å². The molecule has 0 aliphatic heterocycles. The molecule has 0 radical (unpaired) electrons. The van der Waals surface area contributed by atoms with E-state index < -0.39 is 10.0 Å². The number of nitrogen functional groups attached to an aromatic ring is 1. The first-order chi connectivity index (χ1) is 9.95. The molecule has 2 aromatic rings. The van der Waals surface area contributed by atoms with Gasteiger partial charge in [-0.05, 0) is 29.8 Å². The van der Waals surface area contributed by atoms with Gasteiger partial charge in [0.05, 0.1) is 5.69 Å². The van der Waals surface area contributed by atoms with Crippen LogP contribution >= 0.6 is 15.9 Å². The molecule has 2 rings (SSSR count). The third-order valence-electron chi connectivity index (χ3n) is 2.90. The molecule has 6 nitrogen and oxygen atoms in total. The molecule has 0 spiro atoms. The lowest BCUT2D eigenvalue weighted by atomic mass is 10.2. The Morgan fingerprint density at radius 3 is 2.57 bits per heavy atom. The van der Waals surface area contributed by atoms with E-state index in [1.165, 1.54) is 17.5 Å². The van der Waals surface area contributed by atoms with Crippen LogP contribution in [0.1, 0.15) is 5.56 Å². The molecule has 8 heteroatoms. The van der Waals surface area contributed by atoms with Gasteiger partial charge in [0.15, 0.2) is 5.03 Å². The molecule has 1 aromatic carbocycles. The van der Waals surface area contributed by atoms with E-state index in [4.69, 9.17) is 5.84 Å². The maximum atomic E-state index is 12.5. The van der Waals surface area contributed by atoms with Gasteiger partial charge >= 0.3 is 0 Å². The molecule has 0 aliphatic rings. The smallest absolute Gasteiger partial charge is 0.262 e. The summed E-state index contributed by atoms with van der Waals surface area (Å²) >= 11 is 3.34. The van der Waals surface area contributed by atoms with Crippen molar-refractivity contribution in [1.82, 2.24) is 9.29 Å². The van der Waals surface area contributed by atoms with Gasteiger partial charge in [0.2, 0.25) is 0 Å². The monoisotopic (exact) mass is 370 g/mol. The second-order valence-corrected chi connectivity index (χ2v) is 7.26. The summed E-state index contributed by atoms with van der Waals surface area (Å²) in [5, 5.41) is -0.0906. The lowest BCUT2D eigenvalue weighted by Crippen LogP contribution is -2.28. The van der Waals surface area contributed by atoms with Crippen LogP contribution in [0.25, 0.3) is 0 Å². The molecule has 0 amide bonds. The van der Waals surface area contributed by atoms with Crippen LogP contribution in [-0.4, -0.2) is 24.8 Å². The number of halogens is 1. The summed E-state index contributed by atoms with van der Waals surface area (Å²) in [7, 11) is -2.22. The molecule has 0 unspecified atom stereocenters. The Balaban J connectivity index is 2.28. The summed E-state index contributed by atoms with van der Waals surface area (Å²) < 4.78 is 27.3. The van der Waals surface area contributed by atoms with Crippen molar-refractivity contribution in [2.45, 2.75) is 11.6 Å². The molecular formula is C13H15BrN4O2S. The molecular weight excluding hydrogens is 356 g/mol. The predicted molar refractivity (Wildman–Crippen MR) is 84.8 cm³/mol. The number of benzene rings is 1. The van der Waals surface area contributed by atoms with Gasteiger partial charge in [-0.2, -0.15) is 4.31 Å². The summed E-state index contributed by atoms with van der Waals surface area (Å²) in [5.74, 6) is 5.34. The molecule has 1 aromatic heterocycles. The van der Waals surface area contributed by atoms with Crippen LogP contribution in [0.5, 0.6) is 0 Å². The number of pyridine rings is 1. The van der Waals surface area contributed by atoms with Gasteiger partial charge in [-0.15, -0.1) is 0 Å². The van der Waals surface area contributed by atoms with Crippen LogP contribution < -0.4 is 11.3 Å². The van der Waals surface area contributed by atoms with E-state index in [1.807, 2.05) is 24.3 Å². The lowest BCUT2D eigenvalue weighted by molar-refractivity contribution is 0.464. The SMILES string of the molecule is CN(Cc1ccc(Br)cc1)S(=O)(=O)c1ncccc1NN. The highest BCUT2D eigenvalue weighted by atomic mass is 79.9. The fourth-order valence-electron chi connectivity index (χ4n) is 1.79. The average Bonchev–Trinajstić information content (AvgIpc) is 2.49. The predicted octanol–water partition coefficient (Wildman–Crippen LogP) is 1.95. The maximum absolute atomic E-state index is 12.5. The number of nitrogens with zero attached hydrogens (tertiary/aromatic N) is 2. The van der Waals surface area contributed by atoms with Crippen molar-refractivity contribution < 1.29 is 8.42 Å². The highest BCUT2D eigenvalue weighted by molar-refractivity contribution is 9.10. The summed E-state index contributed by atoms with van der Waals surface area (Å²) in [5.41, 5.74) is 3.49. The molecule has 0 atom stereocenters. The third kappa shape index (κ3) is 3.59. The van der Waals surface area contributed by atoms with Crippen LogP contribution in [-0.2, 0) is 16.6 Å². The molecule has 0 aliphatic carbocycles. The topological polar surface area (TPSA) is 88.3 Å². The fourth-order valence-corrected chi connectivity index (χ4v) is 3.26. The van der Waals surface area contributed by atoms with Gasteiger partial charge in [-0.25, -0.2) is 13.4 Å². The zero-order valence-corrected chi connectivity index (χ0v) is 13.7. The molecule has 1 heterocycles. The van der Waals surface area contributed by atoms with Crippen LogP contribution in [0.2, 0.25) is 0 Å². The molecule has 112 valence electrons. The number of hydrogen-bond donors (Lipinski definition) is 2. The van der Waals surface area contributed by atoms with Crippen molar-refractivity contribution in [1.29, 1.82) is 0 Å². The van der Waals surface area contributed by atoms with Gasteiger partial charge in [-0.1, -0.05) is 28.1 Å². The normalized spacial score (nSPS) is 11.6. The number of hydrogen-bond acceptors (Lipinski definition) is 5. The average molecular weight is 371 g/mol. The number of sulfonamides is 1. The number of aromatic nitrogens is 1. The quantitative estimate of drug-likeness (QED) is 0.620. The third-order valence-corrected chi connectivity index (χ3v) is 5.19. The first-order valence-electron chi connectivity index (χ1n) is 6.07.